The van der Waals surface area contributed by atoms with Gasteiger partial charge < -0.3 is 20.1 Å². The van der Waals surface area contributed by atoms with Gasteiger partial charge in [0.25, 0.3) is 0 Å². The zero-order chi connectivity index (χ0) is 20.9. The Bertz CT molecular complexity index is 766. The summed E-state index contributed by atoms with van der Waals surface area (Å²) in [7, 11) is 1.66. The smallest absolute Gasteiger partial charge is 0.191 e. The molecule has 0 spiro atoms. The minimum absolute atomic E-state index is 0.516. The van der Waals surface area contributed by atoms with E-state index in [1.165, 1.54) is 5.56 Å². The average Bonchev–Trinajstić information content (AvgIpc) is 2.73. The molecule has 1 heterocycles. The van der Waals surface area contributed by atoms with E-state index in [0.29, 0.717) is 11.8 Å². The highest BCUT2D eigenvalue weighted by Gasteiger charge is 2.05. The van der Waals surface area contributed by atoms with Crippen LogP contribution >= 0.6 is 11.6 Å². The van der Waals surface area contributed by atoms with E-state index in [1.54, 1.807) is 13.3 Å². The van der Waals surface area contributed by atoms with Crippen molar-refractivity contribution < 1.29 is 9.47 Å². The lowest BCUT2D eigenvalue weighted by Gasteiger charge is -2.12. The number of guanidine groups is 1. The molecule has 0 saturated heterocycles. The fourth-order valence-electron chi connectivity index (χ4n) is 2.84. The minimum Gasteiger partial charge on any atom is -0.493 e. The summed E-state index contributed by atoms with van der Waals surface area (Å²) in [5.74, 6) is 2.39. The van der Waals surface area contributed by atoms with Crippen LogP contribution in [0.5, 0.6) is 11.5 Å². The van der Waals surface area contributed by atoms with Crippen LogP contribution in [0.25, 0.3) is 0 Å². The molecule has 2 aromatic rings. The summed E-state index contributed by atoms with van der Waals surface area (Å²) < 4.78 is 11.0. The summed E-state index contributed by atoms with van der Waals surface area (Å²) in [6.45, 7) is 7.00. The molecule has 2 rings (SSSR count). The maximum atomic E-state index is 5.82. The Hall–Kier alpha value is -2.47. The van der Waals surface area contributed by atoms with Crippen molar-refractivity contribution in [2.75, 3.05) is 33.4 Å². The monoisotopic (exact) mass is 418 g/mol. The number of nitrogens with zero attached hydrogens (tertiary/aromatic N) is 2. The zero-order valence-corrected chi connectivity index (χ0v) is 18.3. The van der Waals surface area contributed by atoms with Gasteiger partial charge in [0.1, 0.15) is 5.15 Å². The van der Waals surface area contributed by atoms with Crippen LogP contribution in [-0.2, 0) is 12.8 Å². The summed E-state index contributed by atoms with van der Waals surface area (Å²) >= 11 is 5.82. The predicted octanol–water partition coefficient (Wildman–Crippen LogP) is 3.87. The molecular weight excluding hydrogens is 388 g/mol. The molecule has 0 unspecified atom stereocenters. The second-order valence-corrected chi connectivity index (χ2v) is 6.84. The number of aliphatic imine (C=N–C) groups is 1. The Kier molecular flexibility index (Phi) is 10.1. The van der Waals surface area contributed by atoms with E-state index in [2.05, 4.69) is 39.7 Å². The number of rotatable bonds is 11. The van der Waals surface area contributed by atoms with Crippen LogP contribution < -0.4 is 20.1 Å². The van der Waals surface area contributed by atoms with Crippen LogP contribution in [0.15, 0.2) is 41.5 Å². The summed E-state index contributed by atoms with van der Waals surface area (Å²) in [4.78, 5) is 8.77. The second-order valence-electron chi connectivity index (χ2n) is 6.45. The van der Waals surface area contributed by atoms with Crippen LogP contribution in [0.2, 0.25) is 5.15 Å². The number of aryl methyl sites for hydroxylation is 1. The number of aromatic nitrogens is 1. The zero-order valence-electron chi connectivity index (χ0n) is 17.5. The molecule has 0 bridgehead atoms. The fourth-order valence-corrected chi connectivity index (χ4v) is 2.95. The molecule has 7 heteroatoms. The first kappa shape index (κ1) is 22.8. The van der Waals surface area contributed by atoms with Crippen LogP contribution in [-0.4, -0.2) is 44.3 Å². The SMILES string of the molecule is CCNC(=NCCCc1ccc(OC)c(OCC)c1)NCCc1ccc(Cl)nc1. The number of hydrogen-bond acceptors (Lipinski definition) is 4. The number of nitrogens with one attached hydrogen (secondary N) is 2. The van der Waals surface area contributed by atoms with Gasteiger partial charge in [-0.1, -0.05) is 23.7 Å². The lowest BCUT2D eigenvalue weighted by atomic mass is 10.1. The summed E-state index contributed by atoms with van der Waals surface area (Å²) in [6.07, 6.45) is 4.55. The standard InChI is InChI=1S/C22H31ClN4O2/c1-4-24-22(26-14-12-18-9-11-21(23)27-16-18)25-13-6-7-17-8-10-19(28-3)20(15-17)29-5-2/h8-11,15-16H,4-7,12-14H2,1-3H3,(H2,24,25,26). The molecule has 0 radical (unpaired) electrons. The number of methoxy groups -OCH3 is 1. The Morgan fingerprint density at radius 3 is 2.59 bits per heavy atom. The molecular formula is C22H31ClN4O2. The molecule has 6 nitrogen and oxygen atoms in total. The number of hydrogen-bond donors (Lipinski definition) is 2. The minimum atomic E-state index is 0.516. The van der Waals surface area contributed by atoms with Gasteiger partial charge in [-0.2, -0.15) is 0 Å². The second kappa shape index (κ2) is 12.9. The third-order valence-corrected chi connectivity index (χ3v) is 4.48. The lowest BCUT2D eigenvalue weighted by molar-refractivity contribution is 0.310. The van der Waals surface area contributed by atoms with Gasteiger partial charge in [0.15, 0.2) is 17.5 Å². The Morgan fingerprint density at radius 2 is 1.90 bits per heavy atom. The van der Waals surface area contributed by atoms with E-state index in [1.807, 2.05) is 25.1 Å². The lowest BCUT2D eigenvalue weighted by Crippen LogP contribution is -2.38. The molecule has 1 aromatic heterocycles. The van der Waals surface area contributed by atoms with Crippen molar-refractivity contribution in [3.63, 3.8) is 0 Å². The summed E-state index contributed by atoms with van der Waals surface area (Å²) in [5, 5.41) is 7.16. The summed E-state index contributed by atoms with van der Waals surface area (Å²) in [5.41, 5.74) is 2.36. The van der Waals surface area contributed by atoms with E-state index in [4.69, 9.17) is 21.1 Å². The topological polar surface area (TPSA) is 67.8 Å². The van der Waals surface area contributed by atoms with Crippen molar-refractivity contribution in [3.05, 3.63) is 52.8 Å². The number of pyridine rings is 1. The van der Waals surface area contributed by atoms with Gasteiger partial charge >= 0.3 is 0 Å². The van der Waals surface area contributed by atoms with Gasteiger partial charge in [-0.25, -0.2) is 4.98 Å². The van der Waals surface area contributed by atoms with Crippen molar-refractivity contribution in [3.8, 4) is 11.5 Å². The highest BCUT2D eigenvalue weighted by Crippen LogP contribution is 2.28. The van der Waals surface area contributed by atoms with E-state index >= 15 is 0 Å². The van der Waals surface area contributed by atoms with Crippen molar-refractivity contribution in [2.24, 2.45) is 4.99 Å². The molecule has 1 aromatic carbocycles. The molecule has 0 saturated carbocycles. The third kappa shape index (κ3) is 8.20. The molecule has 0 aliphatic rings. The van der Waals surface area contributed by atoms with Gasteiger partial charge in [0, 0.05) is 25.8 Å². The van der Waals surface area contributed by atoms with Crippen LogP contribution in [0.1, 0.15) is 31.4 Å². The fraction of sp³-hybridized carbons (Fsp3) is 0.455. The van der Waals surface area contributed by atoms with Gasteiger partial charge in [0.2, 0.25) is 0 Å². The summed E-state index contributed by atoms with van der Waals surface area (Å²) in [6, 6.07) is 9.89. The van der Waals surface area contributed by atoms with Crippen molar-refractivity contribution in [2.45, 2.75) is 33.1 Å². The Labute approximate surface area is 178 Å². The molecule has 0 fully saturated rings. The van der Waals surface area contributed by atoms with Crippen LogP contribution in [0.3, 0.4) is 0 Å². The molecule has 0 aliphatic carbocycles. The van der Waals surface area contributed by atoms with E-state index in [9.17, 15) is 0 Å². The molecule has 2 N–H and O–H groups in total. The first-order valence-electron chi connectivity index (χ1n) is 10.1. The molecule has 29 heavy (non-hydrogen) atoms. The predicted molar refractivity (Wildman–Crippen MR) is 119 cm³/mol. The van der Waals surface area contributed by atoms with Gasteiger partial charge in [-0.05, 0) is 62.4 Å². The maximum Gasteiger partial charge on any atom is 0.191 e. The number of halogens is 1. The Balaban J connectivity index is 1.80. The van der Waals surface area contributed by atoms with Gasteiger partial charge in [0.05, 0.1) is 13.7 Å². The maximum absolute atomic E-state index is 5.82. The highest BCUT2D eigenvalue weighted by molar-refractivity contribution is 6.29. The Morgan fingerprint density at radius 1 is 1.07 bits per heavy atom. The van der Waals surface area contributed by atoms with Gasteiger partial charge in [-0.15, -0.1) is 0 Å². The first-order valence-corrected chi connectivity index (χ1v) is 10.5. The average molecular weight is 419 g/mol. The van der Waals surface area contributed by atoms with Crippen LogP contribution in [0.4, 0.5) is 0 Å². The van der Waals surface area contributed by atoms with Crippen molar-refractivity contribution in [1.29, 1.82) is 0 Å². The molecule has 0 atom stereocenters. The van der Waals surface area contributed by atoms with Crippen molar-refractivity contribution >= 4 is 17.6 Å². The first-order chi connectivity index (χ1) is 14.2. The molecule has 0 amide bonds. The van der Waals surface area contributed by atoms with Gasteiger partial charge in [-0.3, -0.25) is 4.99 Å². The van der Waals surface area contributed by atoms with E-state index in [0.717, 1.165) is 61.9 Å². The highest BCUT2D eigenvalue weighted by atomic mass is 35.5. The molecule has 0 aliphatic heterocycles. The van der Waals surface area contributed by atoms with E-state index in [-0.39, 0.29) is 0 Å². The quantitative estimate of drug-likeness (QED) is 0.251. The number of ether oxygens (including phenoxy) is 2. The van der Waals surface area contributed by atoms with Crippen molar-refractivity contribution in [1.82, 2.24) is 15.6 Å². The molecule has 158 valence electrons. The number of benzene rings is 1. The van der Waals surface area contributed by atoms with E-state index < -0.39 is 0 Å². The third-order valence-electron chi connectivity index (χ3n) is 4.26. The normalized spacial score (nSPS) is 11.2. The van der Waals surface area contributed by atoms with Crippen LogP contribution in [0, 0.1) is 0 Å². The largest absolute Gasteiger partial charge is 0.493 e.